The summed E-state index contributed by atoms with van der Waals surface area (Å²) in [6.07, 6.45) is 0. The fraction of sp³-hybridized carbons (Fsp3) is 0.0612. The molecule has 1 aliphatic carbocycles. The fourth-order valence-corrected chi connectivity index (χ4v) is 8.32. The van der Waals surface area contributed by atoms with Crippen LogP contribution in [-0.4, -0.2) is 0 Å². The highest BCUT2D eigenvalue weighted by molar-refractivity contribution is 6.21. The van der Waals surface area contributed by atoms with E-state index in [0.717, 1.165) is 55.3 Å². The lowest BCUT2D eigenvalue weighted by Gasteiger charge is -2.27. The number of benzene rings is 8. The summed E-state index contributed by atoms with van der Waals surface area (Å²) in [6, 6.07) is 63.4. The number of nitrogens with zero attached hydrogens (tertiary/aromatic N) is 1. The minimum Gasteiger partial charge on any atom is -0.455 e. The molecule has 0 bridgehead atoms. The number of fused-ring (bicyclic) bond motifs is 8. The standard InChI is InChI=1S/C49H35NO/c1-49(2)44-23-12-11-18-38(44)39-29-26-34(30-45(39)49)37-21-13-22-42-43-31-46(40-19-9-10-20-41(40)48(43)51-47(37)42)50(35-16-7-4-8-17-35)36-27-24-33(25-28-36)32-14-5-3-6-15-32/h3-31H,1-2H3. The van der Waals surface area contributed by atoms with Gasteiger partial charge in [-0.05, 0) is 75.3 Å². The van der Waals surface area contributed by atoms with E-state index in [1.54, 1.807) is 0 Å². The summed E-state index contributed by atoms with van der Waals surface area (Å²) in [5.74, 6) is 0. The van der Waals surface area contributed by atoms with E-state index >= 15 is 0 Å². The summed E-state index contributed by atoms with van der Waals surface area (Å²) in [7, 11) is 0. The third kappa shape index (κ3) is 4.57. The smallest absolute Gasteiger partial charge is 0.143 e. The first-order valence-electron chi connectivity index (χ1n) is 17.7. The number of furan rings is 1. The van der Waals surface area contributed by atoms with E-state index in [4.69, 9.17) is 4.42 Å². The lowest BCUT2D eigenvalue weighted by Crippen LogP contribution is -2.14. The van der Waals surface area contributed by atoms with Crippen LogP contribution in [0.3, 0.4) is 0 Å². The number of hydrogen-bond donors (Lipinski definition) is 0. The summed E-state index contributed by atoms with van der Waals surface area (Å²) in [6.45, 7) is 4.68. The van der Waals surface area contributed by atoms with Crippen LogP contribution in [0.25, 0.3) is 66.1 Å². The molecule has 9 aromatic rings. The van der Waals surface area contributed by atoms with Crippen LogP contribution in [0.15, 0.2) is 180 Å². The van der Waals surface area contributed by atoms with Crippen LogP contribution in [0.4, 0.5) is 17.1 Å². The van der Waals surface area contributed by atoms with E-state index in [9.17, 15) is 0 Å². The maximum absolute atomic E-state index is 6.98. The summed E-state index contributed by atoms with van der Waals surface area (Å²) < 4.78 is 6.98. The molecule has 0 unspecified atom stereocenters. The van der Waals surface area contributed by atoms with Crippen molar-refractivity contribution in [1.29, 1.82) is 0 Å². The Morgan fingerprint density at radius 2 is 0.961 bits per heavy atom. The maximum atomic E-state index is 6.98. The Morgan fingerprint density at radius 3 is 1.76 bits per heavy atom. The Labute approximate surface area is 297 Å². The SMILES string of the molecule is CC1(C)c2ccccc2-c2ccc(-c3cccc4c3oc3c5ccccc5c(N(c5ccccc5)c5ccc(-c6ccccc6)cc5)cc43)cc21. The Balaban J connectivity index is 1.17. The van der Waals surface area contributed by atoms with Gasteiger partial charge in [-0.1, -0.05) is 153 Å². The molecule has 0 aliphatic heterocycles. The zero-order valence-electron chi connectivity index (χ0n) is 28.6. The highest BCUT2D eigenvalue weighted by Gasteiger charge is 2.35. The predicted molar refractivity (Wildman–Crippen MR) is 214 cm³/mol. The molecule has 0 amide bonds. The van der Waals surface area contributed by atoms with Gasteiger partial charge >= 0.3 is 0 Å². The van der Waals surface area contributed by atoms with Crippen molar-refractivity contribution in [2.75, 3.05) is 4.90 Å². The molecular formula is C49H35NO. The zero-order chi connectivity index (χ0) is 34.1. The fourth-order valence-electron chi connectivity index (χ4n) is 8.32. The second-order valence-corrected chi connectivity index (χ2v) is 14.1. The largest absolute Gasteiger partial charge is 0.455 e. The molecule has 1 aliphatic rings. The van der Waals surface area contributed by atoms with Crippen LogP contribution in [0, 0.1) is 0 Å². The molecular weight excluding hydrogens is 619 g/mol. The molecule has 0 saturated heterocycles. The van der Waals surface area contributed by atoms with Gasteiger partial charge in [0.2, 0.25) is 0 Å². The molecule has 0 fully saturated rings. The lowest BCUT2D eigenvalue weighted by molar-refractivity contribution is 0.660. The molecule has 242 valence electrons. The van der Waals surface area contributed by atoms with Gasteiger partial charge in [0.25, 0.3) is 0 Å². The summed E-state index contributed by atoms with van der Waals surface area (Å²) in [5, 5.41) is 4.46. The molecule has 2 heteroatoms. The number of rotatable bonds is 5. The minimum absolute atomic E-state index is 0.0744. The topological polar surface area (TPSA) is 16.4 Å². The van der Waals surface area contributed by atoms with Gasteiger partial charge in [0, 0.05) is 43.9 Å². The van der Waals surface area contributed by atoms with Crippen LogP contribution in [0.2, 0.25) is 0 Å². The molecule has 1 heterocycles. The molecule has 0 atom stereocenters. The van der Waals surface area contributed by atoms with Gasteiger partial charge in [0.05, 0.1) is 5.69 Å². The van der Waals surface area contributed by atoms with Crippen molar-refractivity contribution in [2.45, 2.75) is 19.3 Å². The Hall–Kier alpha value is -6.38. The van der Waals surface area contributed by atoms with Gasteiger partial charge in [0.15, 0.2) is 0 Å². The Morgan fingerprint density at radius 1 is 0.392 bits per heavy atom. The molecule has 51 heavy (non-hydrogen) atoms. The average Bonchev–Trinajstić information content (AvgIpc) is 3.68. The quantitative estimate of drug-likeness (QED) is 0.184. The number of anilines is 3. The molecule has 8 aromatic carbocycles. The van der Waals surface area contributed by atoms with E-state index in [0.29, 0.717) is 0 Å². The molecule has 0 saturated carbocycles. The summed E-state index contributed by atoms with van der Waals surface area (Å²) >= 11 is 0. The van der Waals surface area contributed by atoms with E-state index in [1.165, 1.54) is 38.9 Å². The molecule has 0 radical (unpaired) electrons. The van der Waals surface area contributed by atoms with E-state index < -0.39 is 0 Å². The summed E-state index contributed by atoms with van der Waals surface area (Å²) in [4.78, 5) is 2.37. The van der Waals surface area contributed by atoms with Crippen LogP contribution >= 0.6 is 0 Å². The first-order valence-corrected chi connectivity index (χ1v) is 17.7. The second kappa shape index (κ2) is 11.3. The van der Waals surface area contributed by atoms with Gasteiger partial charge in [-0.3, -0.25) is 0 Å². The third-order valence-corrected chi connectivity index (χ3v) is 10.9. The number of para-hydroxylation sites is 2. The monoisotopic (exact) mass is 653 g/mol. The number of hydrogen-bond acceptors (Lipinski definition) is 2. The van der Waals surface area contributed by atoms with Gasteiger partial charge in [0.1, 0.15) is 11.2 Å². The lowest BCUT2D eigenvalue weighted by atomic mass is 9.81. The second-order valence-electron chi connectivity index (χ2n) is 14.1. The van der Waals surface area contributed by atoms with Crippen LogP contribution in [-0.2, 0) is 5.41 Å². The van der Waals surface area contributed by atoms with Crippen molar-refractivity contribution in [1.82, 2.24) is 0 Å². The van der Waals surface area contributed by atoms with Crippen molar-refractivity contribution in [3.05, 3.63) is 187 Å². The highest BCUT2D eigenvalue weighted by atomic mass is 16.3. The molecule has 0 N–H and O–H groups in total. The minimum atomic E-state index is -0.0744. The Kier molecular flexibility index (Phi) is 6.56. The maximum Gasteiger partial charge on any atom is 0.143 e. The van der Waals surface area contributed by atoms with Crippen molar-refractivity contribution in [2.24, 2.45) is 0 Å². The predicted octanol–water partition coefficient (Wildman–Crippen LogP) is 13.8. The van der Waals surface area contributed by atoms with E-state index in [1.807, 2.05) is 0 Å². The third-order valence-electron chi connectivity index (χ3n) is 10.9. The van der Waals surface area contributed by atoms with Gasteiger partial charge in [-0.15, -0.1) is 0 Å². The molecule has 2 nitrogen and oxygen atoms in total. The van der Waals surface area contributed by atoms with Crippen molar-refractivity contribution in [3.8, 4) is 33.4 Å². The van der Waals surface area contributed by atoms with Crippen molar-refractivity contribution in [3.63, 3.8) is 0 Å². The molecule has 1 aromatic heterocycles. The molecule has 10 rings (SSSR count). The van der Waals surface area contributed by atoms with Crippen molar-refractivity contribution >= 4 is 49.8 Å². The Bertz CT molecular complexity index is 2760. The van der Waals surface area contributed by atoms with Gasteiger partial charge < -0.3 is 9.32 Å². The molecule has 0 spiro atoms. The van der Waals surface area contributed by atoms with E-state index in [2.05, 4.69) is 195 Å². The van der Waals surface area contributed by atoms with Crippen molar-refractivity contribution < 1.29 is 4.42 Å². The highest BCUT2D eigenvalue weighted by Crippen LogP contribution is 2.51. The van der Waals surface area contributed by atoms with Gasteiger partial charge in [-0.2, -0.15) is 0 Å². The first-order chi connectivity index (χ1) is 25.1. The van der Waals surface area contributed by atoms with Crippen LogP contribution in [0.5, 0.6) is 0 Å². The zero-order valence-corrected chi connectivity index (χ0v) is 28.6. The van der Waals surface area contributed by atoms with Gasteiger partial charge in [-0.25, -0.2) is 0 Å². The average molecular weight is 654 g/mol. The van der Waals surface area contributed by atoms with Crippen LogP contribution < -0.4 is 4.90 Å². The van der Waals surface area contributed by atoms with Crippen LogP contribution in [0.1, 0.15) is 25.0 Å². The first kappa shape index (κ1) is 29.5. The normalized spacial score (nSPS) is 13.1. The summed E-state index contributed by atoms with van der Waals surface area (Å²) in [5.41, 5.74) is 15.2. The van der Waals surface area contributed by atoms with E-state index in [-0.39, 0.29) is 5.41 Å².